The second-order valence-electron chi connectivity index (χ2n) is 8.38. The zero-order chi connectivity index (χ0) is 23.7. The van der Waals surface area contributed by atoms with Crippen LogP contribution in [0.1, 0.15) is 23.6 Å². The van der Waals surface area contributed by atoms with Gasteiger partial charge in [-0.15, -0.1) is 11.8 Å². The standard InChI is InChI=1S/C25H23FN6OS/c1-3-17-4-6-19(20(26)10-17)25(33,13-32-15-27-14-31-32)16(2)23-12-30-21-7-5-18(11-22(21)34-23)24-28-8-9-29-24/h3-11,14-16,23,33H,1,12-13H2,2H3/p+1. The lowest BCUT2D eigenvalue weighted by atomic mass is 9.79. The molecule has 0 saturated heterocycles. The molecule has 0 spiro atoms. The normalized spacial score (nSPS) is 19.1. The van der Waals surface area contributed by atoms with Crippen molar-refractivity contribution in [3.8, 4) is 0 Å². The van der Waals surface area contributed by atoms with E-state index in [4.69, 9.17) is 0 Å². The second kappa shape index (κ2) is 9.02. The van der Waals surface area contributed by atoms with Crippen LogP contribution in [0, 0.1) is 11.7 Å². The molecule has 34 heavy (non-hydrogen) atoms. The van der Waals surface area contributed by atoms with Gasteiger partial charge in [0.15, 0.2) is 6.21 Å². The van der Waals surface area contributed by atoms with Crippen molar-refractivity contribution in [2.75, 3.05) is 11.9 Å². The second-order valence-corrected chi connectivity index (χ2v) is 9.66. The monoisotopic (exact) mass is 475 g/mol. The number of hydrogen-bond acceptors (Lipinski definition) is 6. The summed E-state index contributed by atoms with van der Waals surface area (Å²) < 4.78 is 21.1. The predicted octanol–water partition coefficient (Wildman–Crippen LogP) is 3.14. The first-order valence-electron chi connectivity index (χ1n) is 10.9. The molecule has 9 heteroatoms. The predicted molar refractivity (Wildman–Crippen MR) is 135 cm³/mol. The van der Waals surface area contributed by atoms with Crippen LogP contribution < -0.4 is 9.98 Å². The molecule has 0 radical (unpaired) electrons. The Kier molecular flexibility index (Phi) is 5.91. The molecule has 0 saturated carbocycles. The molecule has 0 bridgehead atoms. The van der Waals surface area contributed by atoms with Crippen molar-refractivity contribution < 1.29 is 9.50 Å². The van der Waals surface area contributed by atoms with Crippen molar-refractivity contribution in [2.24, 2.45) is 10.9 Å². The summed E-state index contributed by atoms with van der Waals surface area (Å²) in [5, 5.41) is 19.6. The van der Waals surface area contributed by atoms with Crippen LogP contribution in [0.5, 0.6) is 0 Å². The Morgan fingerprint density at radius 2 is 2.26 bits per heavy atom. The average Bonchev–Trinajstić information content (AvgIpc) is 3.57. The van der Waals surface area contributed by atoms with E-state index in [1.165, 1.54) is 23.4 Å². The first kappa shape index (κ1) is 22.3. The van der Waals surface area contributed by atoms with Gasteiger partial charge in [-0.25, -0.2) is 18.7 Å². The van der Waals surface area contributed by atoms with Gasteiger partial charge in [-0.3, -0.25) is 0 Å². The van der Waals surface area contributed by atoms with Gasteiger partial charge in [-0.05, 0) is 34.8 Å². The van der Waals surface area contributed by atoms with Crippen molar-refractivity contribution in [1.29, 1.82) is 0 Å². The maximum absolute atomic E-state index is 15.2. The topological polar surface area (TPSA) is 89.4 Å². The molecule has 2 aromatic carbocycles. The first-order chi connectivity index (χ1) is 16.5. The van der Waals surface area contributed by atoms with E-state index in [0.29, 0.717) is 17.9 Å². The summed E-state index contributed by atoms with van der Waals surface area (Å²) in [6.07, 6.45) is 7.85. The van der Waals surface area contributed by atoms with Crippen molar-refractivity contribution in [2.45, 2.75) is 29.2 Å². The minimum atomic E-state index is -1.53. The fourth-order valence-corrected chi connectivity index (χ4v) is 5.73. The van der Waals surface area contributed by atoms with E-state index >= 15 is 4.39 Å². The van der Waals surface area contributed by atoms with Crippen molar-refractivity contribution in [1.82, 2.24) is 19.4 Å². The molecule has 172 valence electrons. The summed E-state index contributed by atoms with van der Waals surface area (Å²) in [6, 6.07) is 10.9. The Hall–Kier alpha value is -3.52. The van der Waals surface area contributed by atoms with Crippen LogP contribution in [-0.2, 0) is 12.1 Å². The van der Waals surface area contributed by atoms with Gasteiger partial charge < -0.3 is 10.4 Å². The molecule has 5 rings (SSSR count). The molecule has 7 nitrogen and oxygen atoms in total. The maximum Gasteiger partial charge on any atom is 0.422 e. The Bertz CT molecular complexity index is 1330. The van der Waals surface area contributed by atoms with E-state index < -0.39 is 11.4 Å². The molecule has 3 atom stereocenters. The highest BCUT2D eigenvalue weighted by Gasteiger charge is 2.44. The fourth-order valence-electron chi connectivity index (χ4n) is 4.34. The number of benzene rings is 2. The number of hydrogen-bond donors (Lipinski definition) is 2. The summed E-state index contributed by atoms with van der Waals surface area (Å²) in [6.45, 7) is 6.35. The number of aromatic nitrogens is 3. The molecule has 2 N–H and O–H groups in total. The largest absolute Gasteiger partial charge is 0.422 e. The number of aliphatic hydroxyl groups is 1. The molecular formula is C25H24FN6OS+. The van der Waals surface area contributed by atoms with E-state index in [1.807, 2.05) is 19.1 Å². The molecule has 0 fully saturated rings. The molecule has 1 aromatic heterocycles. The maximum atomic E-state index is 15.2. The molecule has 0 aliphatic carbocycles. The van der Waals surface area contributed by atoms with Gasteiger partial charge in [0.2, 0.25) is 6.21 Å². The van der Waals surface area contributed by atoms with Crippen LogP contribution in [0.25, 0.3) is 6.08 Å². The number of nitrogens with zero attached hydrogens (tertiary/aromatic N) is 5. The molecular weight excluding hydrogens is 451 g/mol. The van der Waals surface area contributed by atoms with Gasteiger partial charge in [-0.1, -0.05) is 31.7 Å². The van der Waals surface area contributed by atoms with Gasteiger partial charge in [0, 0.05) is 33.9 Å². The van der Waals surface area contributed by atoms with Crippen molar-refractivity contribution in [3.63, 3.8) is 0 Å². The van der Waals surface area contributed by atoms with Crippen LogP contribution in [0.2, 0.25) is 0 Å². The molecule has 0 amide bonds. The third-order valence-corrected chi connectivity index (χ3v) is 7.82. The molecule has 2 aliphatic heterocycles. The van der Waals surface area contributed by atoms with Gasteiger partial charge in [0.05, 0.1) is 12.1 Å². The van der Waals surface area contributed by atoms with Crippen molar-refractivity contribution >= 4 is 41.8 Å². The molecule has 3 heterocycles. The Morgan fingerprint density at radius 3 is 2.97 bits per heavy atom. The van der Waals surface area contributed by atoms with E-state index in [9.17, 15) is 5.11 Å². The van der Waals surface area contributed by atoms with Crippen LogP contribution in [0.4, 0.5) is 10.1 Å². The number of halogens is 1. The third-order valence-electron chi connectivity index (χ3n) is 6.35. The Morgan fingerprint density at radius 1 is 1.38 bits per heavy atom. The fraction of sp³-hybridized carbons (Fsp3) is 0.240. The summed E-state index contributed by atoms with van der Waals surface area (Å²) in [7, 11) is 0. The van der Waals surface area contributed by atoms with Gasteiger partial charge >= 0.3 is 5.84 Å². The Balaban J connectivity index is 1.49. The number of anilines is 1. The molecule has 3 unspecified atom stereocenters. The van der Waals surface area contributed by atoms with Crippen LogP contribution in [0.15, 0.2) is 65.5 Å². The number of rotatable bonds is 7. The van der Waals surface area contributed by atoms with Crippen LogP contribution in [0.3, 0.4) is 0 Å². The summed E-state index contributed by atoms with van der Waals surface area (Å²) >= 11 is 1.66. The highest BCUT2D eigenvalue weighted by Crippen LogP contribution is 2.45. The lowest BCUT2D eigenvalue weighted by Gasteiger charge is -2.40. The first-order valence-corrected chi connectivity index (χ1v) is 11.8. The van der Waals surface area contributed by atoms with Crippen molar-refractivity contribution in [3.05, 3.63) is 78.1 Å². The lowest BCUT2D eigenvalue weighted by molar-refractivity contribution is -0.0386. The van der Waals surface area contributed by atoms with Gasteiger partial charge in [-0.2, -0.15) is 5.10 Å². The van der Waals surface area contributed by atoms with Gasteiger partial charge in [0.25, 0.3) is 0 Å². The van der Waals surface area contributed by atoms with Crippen LogP contribution in [-0.4, -0.2) is 49.9 Å². The highest BCUT2D eigenvalue weighted by molar-refractivity contribution is 8.00. The zero-order valence-electron chi connectivity index (χ0n) is 18.6. The number of aliphatic imine (C=N–C) groups is 1. The van der Waals surface area contributed by atoms with Crippen LogP contribution >= 0.6 is 11.8 Å². The Labute approximate surface area is 200 Å². The lowest BCUT2D eigenvalue weighted by Crippen LogP contribution is -2.46. The SMILES string of the molecule is C=Cc1ccc(C(O)(Cn2cncn2)C(C)C2CNc3ccc(C4=[N+]=CC=N4)cc3S2)c(F)c1. The summed E-state index contributed by atoms with van der Waals surface area (Å²) in [4.78, 5) is 9.32. The van der Waals surface area contributed by atoms with E-state index in [1.54, 1.807) is 42.4 Å². The minimum Gasteiger partial charge on any atom is -0.383 e. The summed E-state index contributed by atoms with van der Waals surface area (Å²) in [5.41, 5.74) is 1.30. The smallest absolute Gasteiger partial charge is 0.383 e. The number of fused-ring (bicyclic) bond motifs is 1. The quantitative estimate of drug-likeness (QED) is 0.513. The zero-order valence-corrected chi connectivity index (χ0v) is 19.4. The molecule has 2 aliphatic rings. The average molecular weight is 476 g/mol. The van der Waals surface area contributed by atoms with E-state index in [-0.39, 0.29) is 23.3 Å². The van der Waals surface area contributed by atoms with E-state index in [2.05, 4.69) is 37.7 Å². The highest BCUT2D eigenvalue weighted by atomic mass is 32.2. The number of thioether (sulfide) groups is 1. The number of amidine groups is 1. The minimum absolute atomic E-state index is 0.0460. The third kappa shape index (κ3) is 4.09. The number of nitrogens with one attached hydrogen (secondary N) is 1. The molecule has 3 aromatic rings. The summed E-state index contributed by atoms with van der Waals surface area (Å²) in [5.74, 6) is -0.146. The van der Waals surface area contributed by atoms with Gasteiger partial charge in [0.1, 0.15) is 24.1 Å². The van der Waals surface area contributed by atoms with E-state index in [0.717, 1.165) is 16.1 Å².